The summed E-state index contributed by atoms with van der Waals surface area (Å²) in [5, 5.41) is 1.00. The van der Waals surface area contributed by atoms with E-state index in [1.807, 2.05) is 60.4 Å². The van der Waals surface area contributed by atoms with Crippen molar-refractivity contribution in [3.8, 4) is 16.3 Å². The van der Waals surface area contributed by atoms with E-state index in [-0.39, 0.29) is 5.91 Å². The molecule has 0 spiro atoms. The molecule has 4 nitrogen and oxygen atoms in total. The fourth-order valence-corrected chi connectivity index (χ4v) is 4.32. The van der Waals surface area contributed by atoms with Crippen LogP contribution in [0.4, 0.5) is 0 Å². The van der Waals surface area contributed by atoms with Crippen LogP contribution in [-0.4, -0.2) is 29.4 Å². The molecule has 0 radical (unpaired) electrons. The van der Waals surface area contributed by atoms with Gasteiger partial charge in [0.1, 0.15) is 10.8 Å². The third kappa shape index (κ3) is 3.22. The van der Waals surface area contributed by atoms with Gasteiger partial charge in [-0.3, -0.25) is 4.79 Å². The number of thiazole rings is 1. The maximum absolute atomic E-state index is 12.8. The lowest BCUT2D eigenvalue weighted by Gasteiger charge is -2.26. The summed E-state index contributed by atoms with van der Waals surface area (Å²) in [6.45, 7) is 3.36. The number of fused-ring (bicyclic) bond motifs is 1. The molecule has 0 fully saturated rings. The molecule has 1 amide bonds. The number of amides is 1. The molecule has 1 aromatic heterocycles. The van der Waals surface area contributed by atoms with Gasteiger partial charge in [-0.2, -0.15) is 0 Å². The lowest BCUT2D eigenvalue weighted by molar-refractivity contribution is 0.0736. The van der Waals surface area contributed by atoms with Crippen LogP contribution in [0, 0.1) is 6.92 Å². The fourth-order valence-electron chi connectivity index (χ4n) is 3.19. The van der Waals surface area contributed by atoms with Gasteiger partial charge in [0.25, 0.3) is 5.91 Å². The zero-order valence-corrected chi connectivity index (χ0v) is 15.7. The van der Waals surface area contributed by atoms with Crippen LogP contribution in [0.3, 0.4) is 0 Å². The highest BCUT2D eigenvalue weighted by atomic mass is 32.1. The van der Waals surface area contributed by atoms with Crippen LogP contribution in [0.1, 0.15) is 26.5 Å². The smallest absolute Gasteiger partial charge is 0.254 e. The Kier molecular flexibility index (Phi) is 4.47. The zero-order valence-electron chi connectivity index (χ0n) is 14.9. The molecule has 3 aromatic rings. The number of hydrogen-bond donors (Lipinski definition) is 0. The highest BCUT2D eigenvalue weighted by Crippen LogP contribution is 2.32. The third-order valence-electron chi connectivity index (χ3n) is 4.62. The molecule has 0 saturated heterocycles. The number of carbonyl (C=O) groups is 1. The van der Waals surface area contributed by atoms with Crippen molar-refractivity contribution in [3.05, 3.63) is 70.2 Å². The van der Waals surface area contributed by atoms with Crippen LogP contribution in [0.5, 0.6) is 5.75 Å². The molecule has 1 aliphatic rings. The molecule has 0 bridgehead atoms. The van der Waals surface area contributed by atoms with Gasteiger partial charge in [0.2, 0.25) is 0 Å². The van der Waals surface area contributed by atoms with E-state index in [0.717, 1.165) is 39.6 Å². The van der Waals surface area contributed by atoms with Gasteiger partial charge in [-0.25, -0.2) is 4.98 Å². The molecular weight excluding hydrogens is 344 g/mol. The van der Waals surface area contributed by atoms with Gasteiger partial charge in [-0.05, 0) is 43.3 Å². The molecule has 26 heavy (non-hydrogen) atoms. The Hall–Kier alpha value is -2.66. The van der Waals surface area contributed by atoms with E-state index in [9.17, 15) is 4.79 Å². The van der Waals surface area contributed by atoms with Crippen LogP contribution in [0.25, 0.3) is 10.6 Å². The van der Waals surface area contributed by atoms with Gasteiger partial charge < -0.3 is 9.64 Å². The second kappa shape index (κ2) is 6.92. The Morgan fingerprint density at radius 2 is 2.00 bits per heavy atom. The Labute approximate surface area is 157 Å². The van der Waals surface area contributed by atoms with Crippen molar-refractivity contribution in [1.29, 1.82) is 0 Å². The molecule has 1 aliphatic heterocycles. The van der Waals surface area contributed by atoms with Gasteiger partial charge in [-0.15, -0.1) is 11.3 Å². The second-order valence-corrected chi connectivity index (χ2v) is 7.55. The van der Waals surface area contributed by atoms with Crippen molar-refractivity contribution in [2.45, 2.75) is 19.9 Å². The van der Waals surface area contributed by atoms with Crippen LogP contribution in [0.15, 0.2) is 48.5 Å². The molecule has 2 aromatic carbocycles. The quantitative estimate of drug-likeness (QED) is 0.695. The van der Waals surface area contributed by atoms with E-state index < -0.39 is 0 Å². The summed E-state index contributed by atoms with van der Waals surface area (Å²) in [5.41, 5.74) is 4.07. The molecule has 2 heterocycles. The SMILES string of the molecule is COc1ccc(-c2nc3c(s2)CN(C(=O)c2cccc(C)c2)CC3)cc1. The molecule has 132 valence electrons. The van der Waals surface area contributed by atoms with Crippen molar-refractivity contribution < 1.29 is 9.53 Å². The Bertz CT molecular complexity index is 947. The summed E-state index contributed by atoms with van der Waals surface area (Å²) in [6, 6.07) is 15.7. The van der Waals surface area contributed by atoms with E-state index in [2.05, 4.69) is 0 Å². The Balaban J connectivity index is 1.55. The molecule has 5 heteroatoms. The number of methoxy groups -OCH3 is 1. The first-order chi connectivity index (χ1) is 12.6. The Morgan fingerprint density at radius 3 is 2.73 bits per heavy atom. The summed E-state index contributed by atoms with van der Waals surface area (Å²) in [7, 11) is 1.66. The molecule has 0 N–H and O–H groups in total. The number of rotatable bonds is 3. The number of carbonyl (C=O) groups excluding carboxylic acids is 1. The van der Waals surface area contributed by atoms with E-state index in [1.54, 1.807) is 18.4 Å². The van der Waals surface area contributed by atoms with Gasteiger partial charge in [0.05, 0.1) is 19.3 Å². The number of aryl methyl sites for hydroxylation is 1. The van der Waals surface area contributed by atoms with Crippen molar-refractivity contribution in [2.24, 2.45) is 0 Å². The van der Waals surface area contributed by atoms with Gasteiger partial charge in [0, 0.05) is 29.0 Å². The molecule has 4 rings (SSSR count). The highest BCUT2D eigenvalue weighted by molar-refractivity contribution is 7.15. The van der Waals surface area contributed by atoms with Crippen molar-refractivity contribution in [2.75, 3.05) is 13.7 Å². The van der Waals surface area contributed by atoms with Crippen LogP contribution >= 0.6 is 11.3 Å². The van der Waals surface area contributed by atoms with Crippen LogP contribution in [0.2, 0.25) is 0 Å². The van der Waals surface area contributed by atoms with Crippen molar-refractivity contribution >= 4 is 17.2 Å². The van der Waals surface area contributed by atoms with Crippen molar-refractivity contribution in [1.82, 2.24) is 9.88 Å². The fraction of sp³-hybridized carbons (Fsp3) is 0.238. The maximum atomic E-state index is 12.8. The first-order valence-corrected chi connectivity index (χ1v) is 9.44. The highest BCUT2D eigenvalue weighted by Gasteiger charge is 2.25. The number of benzene rings is 2. The van der Waals surface area contributed by atoms with Crippen LogP contribution in [-0.2, 0) is 13.0 Å². The lowest BCUT2D eigenvalue weighted by Crippen LogP contribution is -2.35. The summed E-state index contributed by atoms with van der Waals surface area (Å²) >= 11 is 1.68. The van der Waals surface area contributed by atoms with E-state index in [4.69, 9.17) is 9.72 Å². The van der Waals surface area contributed by atoms with E-state index in [0.29, 0.717) is 13.1 Å². The molecule has 0 saturated carbocycles. The standard InChI is InChI=1S/C21H20N2O2S/c1-14-4-3-5-16(12-14)21(24)23-11-10-18-19(13-23)26-20(22-18)15-6-8-17(25-2)9-7-15/h3-9,12H,10-11,13H2,1-2H3. The van der Waals surface area contributed by atoms with Gasteiger partial charge in [-0.1, -0.05) is 17.7 Å². The Morgan fingerprint density at radius 1 is 1.19 bits per heavy atom. The monoisotopic (exact) mass is 364 g/mol. The molecule has 0 atom stereocenters. The van der Waals surface area contributed by atoms with Gasteiger partial charge in [0.15, 0.2) is 0 Å². The minimum absolute atomic E-state index is 0.0961. The predicted molar refractivity (Wildman–Crippen MR) is 104 cm³/mol. The number of hydrogen-bond acceptors (Lipinski definition) is 4. The predicted octanol–water partition coefficient (Wildman–Crippen LogP) is 4.33. The first kappa shape index (κ1) is 16.8. The summed E-state index contributed by atoms with van der Waals surface area (Å²) < 4.78 is 5.22. The topological polar surface area (TPSA) is 42.4 Å². The molecule has 0 aliphatic carbocycles. The van der Waals surface area contributed by atoms with E-state index in [1.165, 1.54) is 4.88 Å². The van der Waals surface area contributed by atoms with Gasteiger partial charge >= 0.3 is 0 Å². The number of nitrogens with zero attached hydrogens (tertiary/aromatic N) is 2. The minimum atomic E-state index is 0.0961. The summed E-state index contributed by atoms with van der Waals surface area (Å²) in [6.07, 6.45) is 0.805. The first-order valence-electron chi connectivity index (χ1n) is 8.63. The summed E-state index contributed by atoms with van der Waals surface area (Å²) in [4.78, 5) is 20.7. The van der Waals surface area contributed by atoms with Crippen LogP contribution < -0.4 is 4.74 Å². The second-order valence-electron chi connectivity index (χ2n) is 6.46. The average Bonchev–Trinajstić information content (AvgIpc) is 3.10. The maximum Gasteiger partial charge on any atom is 0.254 e. The average molecular weight is 364 g/mol. The zero-order chi connectivity index (χ0) is 18.1. The minimum Gasteiger partial charge on any atom is -0.497 e. The number of ether oxygens (including phenoxy) is 1. The number of aromatic nitrogens is 1. The lowest BCUT2D eigenvalue weighted by atomic mass is 10.1. The molecular formula is C21H20N2O2S. The van der Waals surface area contributed by atoms with E-state index >= 15 is 0 Å². The summed E-state index contributed by atoms with van der Waals surface area (Å²) in [5.74, 6) is 0.934. The molecule has 0 unspecified atom stereocenters. The van der Waals surface area contributed by atoms with Crippen molar-refractivity contribution in [3.63, 3.8) is 0 Å². The largest absolute Gasteiger partial charge is 0.497 e. The third-order valence-corrected chi connectivity index (χ3v) is 5.75. The normalized spacial score (nSPS) is 13.4.